The molecule has 1 aromatic carbocycles. The number of carbonyl (C=O) groups excluding carboxylic acids is 3. The molecular formula is C35H51N5O6. The molecule has 0 saturated carbocycles. The highest BCUT2D eigenvalue weighted by Gasteiger charge is 2.40. The molecule has 1 aliphatic rings. The van der Waals surface area contributed by atoms with E-state index in [1.54, 1.807) is 39.0 Å². The van der Waals surface area contributed by atoms with Gasteiger partial charge < -0.3 is 20.5 Å². The highest BCUT2D eigenvalue weighted by molar-refractivity contribution is 5.92. The minimum absolute atomic E-state index is 0.223. The Morgan fingerprint density at radius 3 is 2.39 bits per heavy atom. The molecule has 0 spiro atoms. The lowest BCUT2D eigenvalue weighted by Gasteiger charge is -2.39. The molecule has 1 fully saturated rings. The average molecular weight is 638 g/mol. The number of benzene rings is 1. The van der Waals surface area contributed by atoms with Crippen LogP contribution in [0.1, 0.15) is 72.6 Å². The number of aliphatic carboxylic acids is 1. The van der Waals surface area contributed by atoms with E-state index in [4.69, 9.17) is 4.74 Å². The number of methoxy groups -OCH3 is 1. The minimum atomic E-state index is -1.24. The molecular weight excluding hydrogens is 586 g/mol. The second-order valence-electron chi connectivity index (χ2n) is 12.2. The quantitative estimate of drug-likeness (QED) is 0.252. The van der Waals surface area contributed by atoms with Gasteiger partial charge >= 0.3 is 5.97 Å². The molecule has 11 nitrogen and oxygen atoms in total. The summed E-state index contributed by atoms with van der Waals surface area (Å²) >= 11 is 0. The fraction of sp³-hybridized carbons (Fsp3) is 0.514. The maximum atomic E-state index is 12.9. The van der Waals surface area contributed by atoms with Gasteiger partial charge in [-0.1, -0.05) is 64.6 Å². The number of ether oxygens (including phenoxy) is 1. The van der Waals surface area contributed by atoms with Crippen LogP contribution in [-0.2, 0) is 30.3 Å². The van der Waals surface area contributed by atoms with Crippen molar-refractivity contribution in [3.05, 3.63) is 60.5 Å². The number of rotatable bonds is 12. The molecule has 4 N–H and O–H groups in total. The number of nitrogens with one attached hydrogen (secondary N) is 3. The molecule has 0 aliphatic carbocycles. The van der Waals surface area contributed by atoms with Crippen molar-refractivity contribution in [2.75, 3.05) is 13.7 Å². The fourth-order valence-corrected chi connectivity index (χ4v) is 5.07. The smallest absolute Gasteiger partial charge is 0.325 e. The molecule has 5 atom stereocenters. The van der Waals surface area contributed by atoms with Crippen molar-refractivity contribution in [2.24, 2.45) is 11.8 Å². The number of hydrogen-bond donors (Lipinski definition) is 4. The number of carbonyl (C=O) groups is 4. The van der Waals surface area contributed by atoms with Crippen LogP contribution in [0.3, 0.4) is 0 Å². The van der Waals surface area contributed by atoms with E-state index >= 15 is 0 Å². The third-order valence-corrected chi connectivity index (χ3v) is 8.14. The number of allylic oxidation sites excluding steroid dienone is 1. The van der Waals surface area contributed by atoms with Crippen LogP contribution in [0.4, 0.5) is 0 Å². The molecule has 0 radical (unpaired) electrons. The maximum absolute atomic E-state index is 12.9. The van der Waals surface area contributed by atoms with E-state index in [9.17, 15) is 24.3 Å². The normalized spacial score (nSPS) is 19.0. The number of pyridine rings is 1. The molecule has 0 bridgehead atoms. The van der Waals surface area contributed by atoms with Crippen LogP contribution >= 0.6 is 0 Å². The largest absolute Gasteiger partial charge is 0.480 e. The first kappa shape index (κ1) is 38.1. The van der Waals surface area contributed by atoms with Crippen molar-refractivity contribution in [2.45, 2.75) is 91.5 Å². The van der Waals surface area contributed by atoms with Gasteiger partial charge in [-0.3, -0.25) is 29.2 Å². The summed E-state index contributed by atoms with van der Waals surface area (Å²) in [4.78, 5) is 54.2. The first-order valence-corrected chi connectivity index (χ1v) is 15.8. The van der Waals surface area contributed by atoms with Crippen LogP contribution in [0.2, 0.25) is 0 Å². The Bertz CT molecular complexity index is 1410. The lowest BCUT2D eigenvalue weighted by atomic mass is 9.94. The Labute approximate surface area is 272 Å². The van der Waals surface area contributed by atoms with E-state index in [1.807, 2.05) is 13.1 Å². The van der Waals surface area contributed by atoms with Gasteiger partial charge in [-0.05, 0) is 69.0 Å². The number of carboxylic acid groups (broad SMARTS) is 1. The molecule has 1 saturated heterocycles. The zero-order valence-electron chi connectivity index (χ0n) is 28.4. The number of nitrogens with zero attached hydrogens (tertiary/aromatic N) is 2. The third-order valence-electron chi connectivity index (χ3n) is 8.14. The van der Waals surface area contributed by atoms with E-state index in [0.29, 0.717) is 19.4 Å². The monoisotopic (exact) mass is 637 g/mol. The van der Waals surface area contributed by atoms with Crippen molar-refractivity contribution in [3.63, 3.8) is 0 Å². The molecule has 3 amide bonds. The minimum Gasteiger partial charge on any atom is -0.480 e. The van der Waals surface area contributed by atoms with Gasteiger partial charge in [0.25, 0.3) is 5.91 Å². The second kappa shape index (κ2) is 17.6. The predicted octanol–water partition coefficient (Wildman–Crippen LogP) is 4.27. The molecule has 1 aromatic heterocycles. The summed E-state index contributed by atoms with van der Waals surface area (Å²) in [5, 5.41) is 18.5. The van der Waals surface area contributed by atoms with Crippen molar-refractivity contribution >= 4 is 40.5 Å². The Morgan fingerprint density at radius 2 is 1.83 bits per heavy atom. The van der Waals surface area contributed by atoms with E-state index in [2.05, 4.69) is 58.8 Å². The number of aryl methyl sites for hydroxylation is 1. The number of hydrogen-bond acceptors (Lipinski definition) is 7. The Balaban J connectivity index is 0.000000432. The van der Waals surface area contributed by atoms with Gasteiger partial charge in [0.15, 0.2) is 0 Å². The number of fused-ring (bicyclic) bond motifs is 1. The van der Waals surface area contributed by atoms with E-state index < -0.39 is 47.4 Å². The molecule has 1 aliphatic heterocycles. The fourth-order valence-electron chi connectivity index (χ4n) is 5.07. The molecule has 2 unspecified atom stereocenters. The lowest BCUT2D eigenvalue weighted by Crippen LogP contribution is -2.65. The molecule has 2 aromatic rings. The topological polar surface area (TPSA) is 150 Å². The zero-order chi connectivity index (χ0) is 34.6. The summed E-state index contributed by atoms with van der Waals surface area (Å²) in [6, 6.07) is 6.80. The molecule has 2 heterocycles. The van der Waals surface area contributed by atoms with Gasteiger partial charge in [-0.15, -0.1) is 0 Å². The van der Waals surface area contributed by atoms with Crippen molar-refractivity contribution in [1.82, 2.24) is 26.1 Å². The van der Waals surface area contributed by atoms with Gasteiger partial charge in [-0.2, -0.15) is 0 Å². The number of aromatic nitrogens is 1. The van der Waals surface area contributed by atoms with Gasteiger partial charge in [-0.25, -0.2) is 5.43 Å². The van der Waals surface area contributed by atoms with Gasteiger partial charge in [0.05, 0.1) is 17.7 Å². The summed E-state index contributed by atoms with van der Waals surface area (Å²) < 4.78 is 5.33. The van der Waals surface area contributed by atoms with Gasteiger partial charge in [0.2, 0.25) is 11.8 Å². The molecule has 11 heteroatoms. The molecule has 46 heavy (non-hydrogen) atoms. The summed E-state index contributed by atoms with van der Waals surface area (Å²) in [6.07, 6.45) is 8.80. The van der Waals surface area contributed by atoms with E-state index in [0.717, 1.165) is 12.1 Å². The van der Waals surface area contributed by atoms with Crippen LogP contribution < -0.4 is 16.1 Å². The van der Waals surface area contributed by atoms with Gasteiger partial charge in [0, 0.05) is 25.2 Å². The van der Waals surface area contributed by atoms with Crippen molar-refractivity contribution < 1.29 is 29.0 Å². The lowest BCUT2D eigenvalue weighted by molar-refractivity contribution is -0.154. The van der Waals surface area contributed by atoms with E-state index in [1.165, 1.54) is 42.3 Å². The highest BCUT2D eigenvalue weighted by Crippen LogP contribution is 2.20. The summed E-state index contributed by atoms with van der Waals surface area (Å²) in [5.41, 5.74) is 3.81. The third kappa shape index (κ3) is 10.2. The Kier molecular flexibility index (Phi) is 14.5. The summed E-state index contributed by atoms with van der Waals surface area (Å²) in [5.74, 6) is -3.05. The predicted molar refractivity (Wildman–Crippen MR) is 180 cm³/mol. The average Bonchev–Trinajstić information content (AvgIpc) is 3.04. The summed E-state index contributed by atoms with van der Waals surface area (Å²) in [7, 11) is 1.51. The number of hydrazine groups is 1. The summed E-state index contributed by atoms with van der Waals surface area (Å²) in [6.45, 7) is 16.4. The van der Waals surface area contributed by atoms with Crippen molar-refractivity contribution in [3.8, 4) is 0 Å². The first-order valence-electron chi connectivity index (χ1n) is 15.8. The van der Waals surface area contributed by atoms with Crippen LogP contribution in [0.15, 0.2) is 49.2 Å². The highest BCUT2D eigenvalue weighted by atomic mass is 16.5. The van der Waals surface area contributed by atoms with Crippen molar-refractivity contribution in [1.29, 1.82) is 0 Å². The van der Waals surface area contributed by atoms with Crippen LogP contribution in [0.5, 0.6) is 0 Å². The number of amides is 3. The SMILES string of the molecule is C/C=C/[C@@H](OC)[C@@H](C)C(=O)NC(C(=O)N[C@@H](C)C(=O)N1CCCC(C)(C(=O)O)N1)C(C)C.C=Cc1cc2cc(CC)ccc2cn1. The molecule has 3 rings (SSSR count). The Morgan fingerprint density at radius 1 is 1.13 bits per heavy atom. The van der Waals surface area contributed by atoms with Crippen LogP contribution in [-0.4, -0.2) is 76.2 Å². The zero-order valence-corrected chi connectivity index (χ0v) is 28.4. The second-order valence-corrected chi connectivity index (χ2v) is 12.2. The van der Waals surface area contributed by atoms with Gasteiger partial charge in [0.1, 0.15) is 17.6 Å². The maximum Gasteiger partial charge on any atom is 0.325 e. The van der Waals surface area contributed by atoms with Crippen LogP contribution in [0, 0.1) is 11.8 Å². The van der Waals surface area contributed by atoms with E-state index in [-0.39, 0.29) is 11.8 Å². The number of carboxylic acids is 1. The Hall–Kier alpha value is -4.09. The standard InChI is InChI=1S/C22H38N4O6.C13H13N/c1-8-10-16(32-7)14(4)18(27)24-17(13(2)3)19(28)23-15(5)20(29)26-12-9-11-22(6,25-26)21(30)31;1-3-10-5-6-11-9-14-13(4-2)8-12(11)7-10/h8,10,13-17,25H,9,11-12H2,1-7H3,(H,23,28)(H,24,27)(H,30,31);4-9H,2-3H2,1H3/b10-8+;/t14-,15+,16-,17?,22?;/m1./s1. The molecule has 252 valence electrons. The van der Waals surface area contributed by atoms with Crippen LogP contribution in [0.25, 0.3) is 16.8 Å². The first-order chi connectivity index (χ1) is 21.7.